The number of esters is 1. The molecule has 1 N–H and O–H groups in total. The van der Waals surface area contributed by atoms with Crippen molar-refractivity contribution in [1.29, 1.82) is 0 Å². The number of benzene rings is 2. The Hall–Kier alpha value is -2.71. The number of hydrogen-bond acceptors (Lipinski definition) is 5. The zero-order chi connectivity index (χ0) is 23.5. The highest BCUT2D eigenvalue weighted by atomic mass is 32.2. The van der Waals surface area contributed by atoms with E-state index in [9.17, 15) is 18.0 Å². The van der Waals surface area contributed by atoms with Crippen LogP contribution in [0.4, 0.5) is 5.69 Å². The van der Waals surface area contributed by atoms with Crippen LogP contribution < -0.4 is 5.32 Å². The monoisotopic (exact) mass is 458 g/mol. The molecule has 1 aliphatic heterocycles. The van der Waals surface area contributed by atoms with Gasteiger partial charge in [-0.05, 0) is 74.9 Å². The summed E-state index contributed by atoms with van der Waals surface area (Å²) in [4.78, 5) is 25.2. The van der Waals surface area contributed by atoms with E-state index in [1.165, 1.54) is 10.4 Å². The second-order valence-electron chi connectivity index (χ2n) is 8.27. The van der Waals surface area contributed by atoms with Crippen molar-refractivity contribution in [2.45, 2.75) is 45.4 Å². The molecule has 0 aromatic heterocycles. The van der Waals surface area contributed by atoms with Gasteiger partial charge in [-0.15, -0.1) is 0 Å². The number of hydrogen-bond donors (Lipinski definition) is 1. The van der Waals surface area contributed by atoms with Gasteiger partial charge in [0.15, 0.2) is 0 Å². The molecule has 7 nitrogen and oxygen atoms in total. The molecule has 1 amide bonds. The van der Waals surface area contributed by atoms with Gasteiger partial charge in [-0.2, -0.15) is 4.31 Å². The summed E-state index contributed by atoms with van der Waals surface area (Å²) in [5.41, 5.74) is 2.51. The first-order valence-corrected chi connectivity index (χ1v) is 12.3. The molecule has 0 unspecified atom stereocenters. The summed E-state index contributed by atoms with van der Waals surface area (Å²) in [5, 5.41) is 2.81. The maximum atomic E-state index is 13.1. The number of sulfonamides is 1. The first-order valence-electron chi connectivity index (χ1n) is 10.8. The molecule has 2 aromatic carbocycles. The lowest BCUT2D eigenvalue weighted by atomic mass is 10.0. The van der Waals surface area contributed by atoms with Gasteiger partial charge in [0, 0.05) is 24.3 Å². The largest absolute Gasteiger partial charge is 0.462 e. The Morgan fingerprint density at radius 3 is 2.38 bits per heavy atom. The van der Waals surface area contributed by atoms with E-state index in [0.29, 0.717) is 35.8 Å². The van der Waals surface area contributed by atoms with Gasteiger partial charge >= 0.3 is 5.97 Å². The highest BCUT2D eigenvalue weighted by Gasteiger charge is 2.29. The van der Waals surface area contributed by atoms with Crippen LogP contribution in [0.25, 0.3) is 0 Å². The van der Waals surface area contributed by atoms with Gasteiger partial charge in [-0.25, -0.2) is 13.2 Å². The van der Waals surface area contributed by atoms with E-state index >= 15 is 0 Å². The topological polar surface area (TPSA) is 92.8 Å². The highest BCUT2D eigenvalue weighted by Crippen LogP contribution is 2.26. The number of carbonyl (C=O) groups excluding carboxylic acids is 2. The molecular formula is C24H30N2O5S. The van der Waals surface area contributed by atoms with E-state index in [-0.39, 0.29) is 17.1 Å². The predicted octanol–water partition coefficient (Wildman–Crippen LogP) is 4.15. The Bertz CT molecular complexity index is 1120. The molecule has 2 aromatic rings. The van der Waals surface area contributed by atoms with Crippen LogP contribution in [0.2, 0.25) is 0 Å². The third-order valence-corrected chi connectivity index (χ3v) is 7.73. The average molecular weight is 459 g/mol. The summed E-state index contributed by atoms with van der Waals surface area (Å²) in [5.74, 6) is -0.395. The van der Waals surface area contributed by atoms with E-state index in [1.54, 1.807) is 44.2 Å². The minimum absolute atomic E-state index is 0.111. The van der Waals surface area contributed by atoms with Crippen molar-refractivity contribution in [3.8, 4) is 0 Å². The van der Waals surface area contributed by atoms with Crippen molar-refractivity contribution < 1.29 is 22.7 Å². The molecule has 1 aliphatic rings. The van der Waals surface area contributed by atoms with E-state index in [1.807, 2.05) is 6.92 Å². The Balaban J connectivity index is 1.87. The molecule has 3 rings (SSSR count). The summed E-state index contributed by atoms with van der Waals surface area (Å²) in [7, 11) is -3.67. The lowest BCUT2D eigenvalue weighted by Crippen LogP contribution is -2.38. The van der Waals surface area contributed by atoms with E-state index in [0.717, 1.165) is 18.4 Å². The zero-order valence-electron chi connectivity index (χ0n) is 19.0. The molecule has 8 heteroatoms. The maximum Gasteiger partial charge on any atom is 0.338 e. The average Bonchev–Trinajstić information content (AvgIpc) is 2.75. The number of aryl methyl sites for hydroxylation is 2. The van der Waals surface area contributed by atoms with Gasteiger partial charge in [-0.1, -0.05) is 19.1 Å². The summed E-state index contributed by atoms with van der Waals surface area (Å²) >= 11 is 0. The minimum atomic E-state index is -3.67. The fraction of sp³-hybridized carbons (Fsp3) is 0.417. The molecule has 32 heavy (non-hydrogen) atoms. The third kappa shape index (κ3) is 5.19. The summed E-state index contributed by atoms with van der Waals surface area (Å²) < 4.78 is 32.8. The summed E-state index contributed by atoms with van der Waals surface area (Å²) in [6.07, 6.45) is 1.66. The van der Waals surface area contributed by atoms with Crippen LogP contribution in [-0.4, -0.2) is 44.3 Å². The van der Waals surface area contributed by atoms with Crippen LogP contribution >= 0.6 is 0 Å². The number of nitrogens with one attached hydrogen (secondary N) is 1. The molecular weight excluding hydrogens is 428 g/mol. The number of anilines is 1. The predicted molar refractivity (Wildman–Crippen MR) is 123 cm³/mol. The van der Waals surface area contributed by atoms with Crippen LogP contribution in [0, 0.1) is 19.8 Å². The number of carbonyl (C=O) groups is 2. The van der Waals surface area contributed by atoms with Crippen molar-refractivity contribution >= 4 is 27.6 Å². The molecule has 172 valence electrons. The fourth-order valence-corrected chi connectivity index (χ4v) is 5.16. The Kier molecular flexibility index (Phi) is 7.36. The highest BCUT2D eigenvalue weighted by molar-refractivity contribution is 7.89. The molecule has 1 fully saturated rings. The van der Waals surface area contributed by atoms with E-state index < -0.39 is 21.9 Å². The minimum Gasteiger partial charge on any atom is -0.462 e. The van der Waals surface area contributed by atoms with Gasteiger partial charge in [0.25, 0.3) is 5.91 Å². The molecule has 0 spiro atoms. The Morgan fingerprint density at radius 2 is 1.72 bits per heavy atom. The van der Waals surface area contributed by atoms with Crippen LogP contribution in [0.3, 0.4) is 0 Å². The quantitative estimate of drug-likeness (QED) is 0.657. The zero-order valence-corrected chi connectivity index (χ0v) is 19.8. The molecule has 0 atom stereocenters. The first-order chi connectivity index (χ1) is 15.1. The molecule has 0 bridgehead atoms. The van der Waals surface area contributed by atoms with Crippen LogP contribution in [0.5, 0.6) is 0 Å². The van der Waals surface area contributed by atoms with Crippen molar-refractivity contribution in [2.75, 3.05) is 25.0 Å². The SMILES string of the molecule is CCOC(=O)c1ccc(C)c(NC(=O)c2cc(S(=O)(=O)N3CCC(C)CC3)ccc2C)c1. The normalized spacial score (nSPS) is 15.4. The van der Waals surface area contributed by atoms with Gasteiger partial charge in [-0.3, -0.25) is 4.79 Å². The van der Waals surface area contributed by atoms with E-state index in [4.69, 9.17) is 4.74 Å². The molecule has 0 aliphatic carbocycles. The number of rotatable bonds is 6. The number of piperidine rings is 1. The number of ether oxygens (including phenoxy) is 1. The van der Waals surface area contributed by atoms with Crippen LogP contribution in [-0.2, 0) is 14.8 Å². The molecule has 0 saturated carbocycles. The number of nitrogens with zero attached hydrogens (tertiary/aromatic N) is 1. The first kappa shape index (κ1) is 23.9. The van der Waals surface area contributed by atoms with Crippen LogP contribution in [0.1, 0.15) is 58.5 Å². The van der Waals surface area contributed by atoms with Gasteiger partial charge in [0.05, 0.1) is 17.1 Å². The van der Waals surface area contributed by atoms with Gasteiger partial charge in [0.1, 0.15) is 0 Å². The molecule has 1 saturated heterocycles. The van der Waals surface area contributed by atoms with Gasteiger partial charge < -0.3 is 10.1 Å². The molecule has 1 heterocycles. The molecule has 0 radical (unpaired) electrons. The standard InChI is InChI=1S/C24H30N2O5S/c1-5-31-24(28)19-8-6-18(4)22(14-19)25-23(27)21-15-20(9-7-17(21)3)32(29,30)26-12-10-16(2)11-13-26/h6-9,14-16H,5,10-13H2,1-4H3,(H,25,27). The van der Waals surface area contributed by atoms with Crippen molar-refractivity contribution in [3.63, 3.8) is 0 Å². The van der Waals surface area contributed by atoms with Crippen molar-refractivity contribution in [2.24, 2.45) is 5.92 Å². The second kappa shape index (κ2) is 9.83. The van der Waals surface area contributed by atoms with Crippen LogP contribution in [0.15, 0.2) is 41.3 Å². The van der Waals surface area contributed by atoms with Crippen molar-refractivity contribution in [1.82, 2.24) is 4.31 Å². The lowest BCUT2D eigenvalue weighted by molar-refractivity contribution is 0.0526. The van der Waals surface area contributed by atoms with E-state index in [2.05, 4.69) is 12.2 Å². The lowest BCUT2D eigenvalue weighted by Gasteiger charge is -2.29. The Morgan fingerprint density at radius 1 is 1.06 bits per heavy atom. The third-order valence-electron chi connectivity index (χ3n) is 5.83. The van der Waals surface area contributed by atoms with Gasteiger partial charge in [0.2, 0.25) is 10.0 Å². The fourth-order valence-electron chi connectivity index (χ4n) is 3.67. The summed E-state index contributed by atoms with van der Waals surface area (Å²) in [6, 6.07) is 9.56. The second-order valence-corrected chi connectivity index (χ2v) is 10.2. The Labute approximate surface area is 189 Å². The summed E-state index contributed by atoms with van der Waals surface area (Å²) in [6.45, 7) is 8.65. The number of amides is 1. The maximum absolute atomic E-state index is 13.1. The smallest absolute Gasteiger partial charge is 0.338 e. The van der Waals surface area contributed by atoms with Crippen molar-refractivity contribution in [3.05, 3.63) is 58.7 Å².